The van der Waals surface area contributed by atoms with Crippen LogP contribution in [-0.4, -0.2) is 49.6 Å². The van der Waals surface area contributed by atoms with Gasteiger partial charge in [0.2, 0.25) is 0 Å². The van der Waals surface area contributed by atoms with Gasteiger partial charge in [-0.25, -0.2) is 0 Å². The van der Waals surface area contributed by atoms with Crippen LogP contribution in [0.2, 0.25) is 0 Å². The summed E-state index contributed by atoms with van der Waals surface area (Å²) in [5.41, 5.74) is 0. The summed E-state index contributed by atoms with van der Waals surface area (Å²) in [5.74, 6) is 2.05. The highest BCUT2D eigenvalue weighted by Gasteiger charge is 2.33. The van der Waals surface area contributed by atoms with Gasteiger partial charge in [-0.2, -0.15) is 0 Å². The lowest BCUT2D eigenvalue weighted by atomic mass is 10.3. The number of rotatable bonds is 2. The Bertz CT molecular complexity index is 169. The van der Waals surface area contributed by atoms with E-state index in [4.69, 9.17) is 0 Å². The Hall–Kier alpha value is -0.0800. The molecule has 0 radical (unpaired) electrons. The molecule has 1 aliphatic heterocycles. The first-order valence-corrected chi connectivity index (χ1v) is 5.66. The molecule has 2 nitrogen and oxygen atoms in total. The number of hydrogen-bond acceptors (Lipinski definition) is 2. The Morgan fingerprint density at radius 2 is 1.92 bits per heavy atom. The summed E-state index contributed by atoms with van der Waals surface area (Å²) in [4.78, 5) is 5.12. The predicted molar refractivity (Wildman–Crippen MR) is 55.8 cm³/mol. The van der Waals surface area contributed by atoms with E-state index >= 15 is 0 Å². The Morgan fingerprint density at radius 3 is 2.62 bits per heavy atom. The first-order valence-electron chi connectivity index (χ1n) is 5.66. The molecule has 2 atom stereocenters. The van der Waals surface area contributed by atoms with Gasteiger partial charge in [-0.15, -0.1) is 0 Å². The zero-order chi connectivity index (χ0) is 9.26. The van der Waals surface area contributed by atoms with E-state index in [0.29, 0.717) is 0 Å². The molecule has 2 rings (SSSR count). The van der Waals surface area contributed by atoms with Crippen molar-refractivity contribution in [3.63, 3.8) is 0 Å². The van der Waals surface area contributed by atoms with Crippen LogP contribution in [0.1, 0.15) is 19.8 Å². The van der Waals surface area contributed by atoms with Crippen molar-refractivity contribution >= 4 is 0 Å². The fourth-order valence-corrected chi connectivity index (χ4v) is 2.27. The van der Waals surface area contributed by atoms with Crippen LogP contribution < -0.4 is 0 Å². The summed E-state index contributed by atoms with van der Waals surface area (Å²) in [6.45, 7) is 8.93. The SMILES string of the molecule is CC1CC1CN1CCCN(C)CC1. The zero-order valence-electron chi connectivity index (χ0n) is 9.00. The van der Waals surface area contributed by atoms with E-state index in [1.165, 1.54) is 45.6 Å². The van der Waals surface area contributed by atoms with Crippen molar-refractivity contribution in [3.05, 3.63) is 0 Å². The average Bonchev–Trinajstić information content (AvgIpc) is 2.80. The summed E-state index contributed by atoms with van der Waals surface area (Å²) in [7, 11) is 2.24. The van der Waals surface area contributed by atoms with Crippen molar-refractivity contribution in [2.45, 2.75) is 19.8 Å². The molecular formula is C11H22N2. The quantitative estimate of drug-likeness (QED) is 0.635. The molecule has 0 aromatic rings. The van der Waals surface area contributed by atoms with Gasteiger partial charge < -0.3 is 9.80 Å². The molecule has 13 heavy (non-hydrogen) atoms. The molecule has 0 N–H and O–H groups in total. The van der Waals surface area contributed by atoms with Gasteiger partial charge in [0.05, 0.1) is 0 Å². The first kappa shape index (κ1) is 9.47. The highest BCUT2D eigenvalue weighted by molar-refractivity contribution is 4.85. The summed E-state index contributed by atoms with van der Waals surface area (Å²) in [5, 5.41) is 0. The molecule has 0 bridgehead atoms. The maximum absolute atomic E-state index is 2.66. The third kappa shape index (κ3) is 2.68. The van der Waals surface area contributed by atoms with Crippen LogP contribution in [0.4, 0.5) is 0 Å². The second-order valence-electron chi connectivity index (χ2n) is 4.93. The van der Waals surface area contributed by atoms with Crippen LogP contribution in [0, 0.1) is 11.8 Å². The van der Waals surface area contributed by atoms with E-state index < -0.39 is 0 Å². The van der Waals surface area contributed by atoms with Crippen molar-refractivity contribution in [1.29, 1.82) is 0 Å². The molecule has 1 saturated heterocycles. The lowest BCUT2D eigenvalue weighted by molar-refractivity contribution is 0.263. The van der Waals surface area contributed by atoms with Crippen LogP contribution in [0.5, 0.6) is 0 Å². The fourth-order valence-electron chi connectivity index (χ4n) is 2.27. The minimum absolute atomic E-state index is 1.01. The van der Waals surface area contributed by atoms with E-state index in [1.54, 1.807) is 0 Å². The minimum Gasteiger partial charge on any atom is -0.305 e. The molecule has 0 amide bonds. The zero-order valence-corrected chi connectivity index (χ0v) is 9.00. The smallest absolute Gasteiger partial charge is 0.0109 e. The molecule has 1 aliphatic carbocycles. The lowest BCUT2D eigenvalue weighted by Gasteiger charge is -2.19. The van der Waals surface area contributed by atoms with E-state index in [1.807, 2.05) is 0 Å². The largest absolute Gasteiger partial charge is 0.305 e. The van der Waals surface area contributed by atoms with Gasteiger partial charge in [0.15, 0.2) is 0 Å². The lowest BCUT2D eigenvalue weighted by Crippen LogP contribution is -2.30. The van der Waals surface area contributed by atoms with Crippen molar-refractivity contribution in [3.8, 4) is 0 Å². The van der Waals surface area contributed by atoms with Gasteiger partial charge >= 0.3 is 0 Å². The van der Waals surface area contributed by atoms with Crippen LogP contribution >= 0.6 is 0 Å². The Balaban J connectivity index is 1.72. The van der Waals surface area contributed by atoms with Crippen LogP contribution in [0.15, 0.2) is 0 Å². The molecule has 2 heteroatoms. The van der Waals surface area contributed by atoms with Crippen molar-refractivity contribution in [2.75, 3.05) is 39.8 Å². The van der Waals surface area contributed by atoms with Gasteiger partial charge in [0.1, 0.15) is 0 Å². The van der Waals surface area contributed by atoms with E-state index in [9.17, 15) is 0 Å². The Kier molecular flexibility index (Phi) is 2.89. The second-order valence-corrected chi connectivity index (χ2v) is 4.93. The average molecular weight is 182 g/mol. The molecule has 0 aromatic heterocycles. The summed E-state index contributed by atoms with van der Waals surface area (Å²) in [6, 6.07) is 0. The normalized spacial score (nSPS) is 37.4. The van der Waals surface area contributed by atoms with Gasteiger partial charge in [-0.3, -0.25) is 0 Å². The van der Waals surface area contributed by atoms with Crippen LogP contribution in [0.3, 0.4) is 0 Å². The van der Waals surface area contributed by atoms with Gasteiger partial charge in [-0.05, 0) is 44.8 Å². The molecule has 0 aromatic carbocycles. The third-order valence-corrected chi connectivity index (χ3v) is 3.58. The molecule has 1 heterocycles. The third-order valence-electron chi connectivity index (χ3n) is 3.58. The summed E-state index contributed by atoms with van der Waals surface area (Å²) in [6.07, 6.45) is 2.84. The van der Waals surface area contributed by atoms with Gasteiger partial charge in [0, 0.05) is 19.6 Å². The van der Waals surface area contributed by atoms with E-state index in [-0.39, 0.29) is 0 Å². The Morgan fingerprint density at radius 1 is 1.15 bits per heavy atom. The molecule has 2 fully saturated rings. The molecule has 2 aliphatic rings. The number of likely N-dealkylation sites (N-methyl/N-ethyl adjacent to an activating group) is 1. The number of nitrogens with zero attached hydrogens (tertiary/aromatic N) is 2. The van der Waals surface area contributed by atoms with Crippen molar-refractivity contribution < 1.29 is 0 Å². The van der Waals surface area contributed by atoms with Crippen LogP contribution in [-0.2, 0) is 0 Å². The highest BCUT2D eigenvalue weighted by atomic mass is 15.2. The van der Waals surface area contributed by atoms with Gasteiger partial charge in [0.25, 0.3) is 0 Å². The molecule has 0 spiro atoms. The van der Waals surface area contributed by atoms with Crippen molar-refractivity contribution in [1.82, 2.24) is 9.80 Å². The van der Waals surface area contributed by atoms with Gasteiger partial charge in [-0.1, -0.05) is 6.92 Å². The molecule has 2 unspecified atom stereocenters. The topological polar surface area (TPSA) is 6.48 Å². The molecule has 1 saturated carbocycles. The van der Waals surface area contributed by atoms with E-state index in [2.05, 4.69) is 23.8 Å². The van der Waals surface area contributed by atoms with Crippen LogP contribution in [0.25, 0.3) is 0 Å². The minimum atomic E-state index is 1.01. The monoisotopic (exact) mass is 182 g/mol. The molecular weight excluding hydrogens is 160 g/mol. The summed E-state index contributed by atoms with van der Waals surface area (Å²) < 4.78 is 0. The van der Waals surface area contributed by atoms with E-state index in [0.717, 1.165) is 11.8 Å². The second kappa shape index (κ2) is 3.97. The standard InChI is InChI=1S/C11H22N2/c1-10-8-11(10)9-13-5-3-4-12(2)6-7-13/h10-11H,3-9H2,1-2H3. The fraction of sp³-hybridized carbons (Fsp3) is 1.00. The van der Waals surface area contributed by atoms with Crippen molar-refractivity contribution in [2.24, 2.45) is 11.8 Å². The molecule has 76 valence electrons. The summed E-state index contributed by atoms with van der Waals surface area (Å²) >= 11 is 0. The first-order chi connectivity index (χ1) is 6.25. The highest BCUT2D eigenvalue weighted by Crippen LogP contribution is 2.38. The maximum atomic E-state index is 2.66. The maximum Gasteiger partial charge on any atom is 0.0109 e. The number of hydrogen-bond donors (Lipinski definition) is 0. The predicted octanol–water partition coefficient (Wildman–Crippen LogP) is 1.28. The Labute approximate surface area is 81.9 Å².